The number of hydrogen-bond donors (Lipinski definition) is 0. The maximum atomic E-state index is 12.2. The quantitative estimate of drug-likeness (QED) is 0.533. The number of ether oxygens (including phenoxy) is 1. The number of allylic oxidation sites excluding steroid dienone is 4. The first-order chi connectivity index (χ1) is 14.2. The molecule has 3 saturated carbocycles. The van der Waals surface area contributed by atoms with E-state index in [-0.39, 0.29) is 29.2 Å². The van der Waals surface area contributed by atoms with Gasteiger partial charge in [-0.2, -0.15) is 0 Å². The molecule has 5 rings (SSSR count). The Hall–Kier alpha value is -1.38. The first-order valence-corrected chi connectivity index (χ1v) is 12.4. The fourth-order valence-electron chi connectivity index (χ4n) is 8.59. The van der Waals surface area contributed by atoms with Gasteiger partial charge in [-0.05, 0) is 98.5 Å². The van der Waals surface area contributed by atoms with Crippen molar-refractivity contribution in [2.45, 2.75) is 85.2 Å². The summed E-state index contributed by atoms with van der Waals surface area (Å²) in [6, 6.07) is 0. The number of cyclic esters (lactones) is 1. The van der Waals surface area contributed by atoms with Crippen molar-refractivity contribution >= 4 is 11.8 Å². The number of rotatable bonds is 2. The van der Waals surface area contributed by atoms with Crippen molar-refractivity contribution in [3.63, 3.8) is 0 Å². The first kappa shape index (κ1) is 20.5. The lowest BCUT2D eigenvalue weighted by Gasteiger charge is -2.57. The zero-order chi connectivity index (χ0) is 21.3. The highest BCUT2D eigenvalue weighted by molar-refractivity contribution is 6.01. The SMILES string of the molecule is CC1CCC(C(C)C2CCC3C4CCC5=CC(=O)C=CC5(C)C4CCC23C)OC1=O. The van der Waals surface area contributed by atoms with Gasteiger partial charge < -0.3 is 4.74 Å². The molecule has 9 unspecified atom stereocenters. The van der Waals surface area contributed by atoms with E-state index in [1.807, 2.05) is 19.1 Å². The number of ketones is 1. The van der Waals surface area contributed by atoms with Crippen LogP contribution in [0, 0.1) is 46.3 Å². The third-order valence-electron chi connectivity index (χ3n) is 10.4. The Labute approximate surface area is 181 Å². The van der Waals surface area contributed by atoms with Crippen LogP contribution in [-0.4, -0.2) is 17.9 Å². The van der Waals surface area contributed by atoms with Gasteiger partial charge in [-0.3, -0.25) is 9.59 Å². The summed E-state index contributed by atoms with van der Waals surface area (Å²) in [4.78, 5) is 24.2. The maximum Gasteiger partial charge on any atom is 0.308 e. The Kier molecular flexibility index (Phi) is 4.83. The molecular formula is C27H38O3. The number of carbonyl (C=O) groups excluding carboxylic acids is 2. The molecule has 3 heteroatoms. The van der Waals surface area contributed by atoms with Crippen LogP contribution in [0.5, 0.6) is 0 Å². The largest absolute Gasteiger partial charge is 0.462 e. The van der Waals surface area contributed by atoms with Gasteiger partial charge in [-0.15, -0.1) is 0 Å². The summed E-state index contributed by atoms with van der Waals surface area (Å²) in [5.74, 6) is 3.56. The van der Waals surface area contributed by atoms with Crippen LogP contribution in [-0.2, 0) is 14.3 Å². The summed E-state index contributed by atoms with van der Waals surface area (Å²) >= 11 is 0. The average molecular weight is 411 g/mol. The second-order valence-corrected chi connectivity index (χ2v) is 11.6. The van der Waals surface area contributed by atoms with Crippen LogP contribution in [0.25, 0.3) is 0 Å². The standard InChI is InChI=1S/C27H38O3/c1-16-5-10-24(30-25(16)29)17(2)21-8-9-22-20-7-6-18-15-19(28)11-13-26(18,3)23(20)12-14-27(21,22)4/h11,13,15-17,20-24H,5-10,12,14H2,1-4H3. The maximum absolute atomic E-state index is 12.2. The average Bonchev–Trinajstić information content (AvgIpc) is 3.07. The van der Waals surface area contributed by atoms with E-state index in [9.17, 15) is 9.59 Å². The molecule has 0 spiro atoms. The summed E-state index contributed by atoms with van der Waals surface area (Å²) < 4.78 is 5.91. The van der Waals surface area contributed by atoms with E-state index in [2.05, 4.69) is 26.8 Å². The molecule has 4 aliphatic carbocycles. The molecule has 0 aromatic carbocycles. The van der Waals surface area contributed by atoms with Crippen molar-refractivity contribution < 1.29 is 14.3 Å². The van der Waals surface area contributed by atoms with Gasteiger partial charge in [-0.25, -0.2) is 0 Å². The highest BCUT2D eigenvalue weighted by Gasteiger charge is 2.59. The van der Waals surface area contributed by atoms with Gasteiger partial charge >= 0.3 is 5.97 Å². The Morgan fingerprint density at radius 3 is 2.60 bits per heavy atom. The topological polar surface area (TPSA) is 43.4 Å². The van der Waals surface area contributed by atoms with Crippen LogP contribution >= 0.6 is 0 Å². The lowest BCUT2D eigenvalue weighted by Crippen LogP contribution is -2.51. The highest BCUT2D eigenvalue weighted by atomic mass is 16.5. The number of fused-ring (bicyclic) bond motifs is 5. The minimum absolute atomic E-state index is 0.0136. The zero-order valence-electron chi connectivity index (χ0n) is 19.2. The number of hydrogen-bond acceptors (Lipinski definition) is 3. The minimum Gasteiger partial charge on any atom is -0.462 e. The summed E-state index contributed by atoms with van der Waals surface area (Å²) in [6.07, 6.45) is 15.6. The Bertz CT molecular complexity index is 809. The third-order valence-corrected chi connectivity index (χ3v) is 10.4. The van der Waals surface area contributed by atoms with E-state index >= 15 is 0 Å². The van der Waals surface area contributed by atoms with Crippen molar-refractivity contribution in [1.29, 1.82) is 0 Å². The highest BCUT2D eigenvalue weighted by Crippen LogP contribution is 2.67. The predicted molar refractivity (Wildman–Crippen MR) is 118 cm³/mol. The number of carbonyl (C=O) groups is 2. The van der Waals surface area contributed by atoms with Gasteiger partial charge in [0.05, 0.1) is 5.92 Å². The van der Waals surface area contributed by atoms with Gasteiger partial charge in [0, 0.05) is 5.41 Å². The lowest BCUT2D eigenvalue weighted by molar-refractivity contribution is -0.166. The molecule has 0 N–H and O–H groups in total. The van der Waals surface area contributed by atoms with Crippen LogP contribution in [0.2, 0.25) is 0 Å². The summed E-state index contributed by atoms with van der Waals surface area (Å²) in [7, 11) is 0. The lowest BCUT2D eigenvalue weighted by atomic mass is 9.47. The molecule has 4 fully saturated rings. The zero-order valence-corrected chi connectivity index (χ0v) is 19.2. The number of esters is 1. The molecule has 1 saturated heterocycles. The molecule has 30 heavy (non-hydrogen) atoms. The molecule has 1 heterocycles. The molecule has 1 aliphatic heterocycles. The van der Waals surface area contributed by atoms with Crippen molar-refractivity contribution in [1.82, 2.24) is 0 Å². The van der Waals surface area contributed by atoms with Crippen LogP contribution in [0.15, 0.2) is 23.8 Å². The Balaban J connectivity index is 1.37. The minimum atomic E-state index is 0.0136. The van der Waals surface area contributed by atoms with E-state index in [0.717, 1.165) is 31.1 Å². The molecule has 0 aromatic heterocycles. The molecular weight excluding hydrogens is 372 g/mol. The first-order valence-electron chi connectivity index (χ1n) is 12.4. The normalized spacial score (nSPS) is 48.9. The van der Waals surface area contributed by atoms with Gasteiger partial charge in [0.15, 0.2) is 5.78 Å². The summed E-state index contributed by atoms with van der Waals surface area (Å²) in [6.45, 7) is 9.30. The van der Waals surface area contributed by atoms with E-state index in [1.54, 1.807) is 0 Å². The molecule has 164 valence electrons. The van der Waals surface area contributed by atoms with Gasteiger partial charge in [0.2, 0.25) is 0 Å². The van der Waals surface area contributed by atoms with Crippen LogP contribution in [0.4, 0.5) is 0 Å². The third kappa shape index (κ3) is 2.90. The monoisotopic (exact) mass is 410 g/mol. The fourth-order valence-corrected chi connectivity index (χ4v) is 8.59. The van der Waals surface area contributed by atoms with Crippen molar-refractivity contribution in [2.24, 2.45) is 46.3 Å². The van der Waals surface area contributed by atoms with E-state index in [1.165, 1.54) is 37.7 Å². The van der Waals surface area contributed by atoms with Crippen LogP contribution in [0.1, 0.15) is 79.1 Å². The van der Waals surface area contributed by atoms with Crippen LogP contribution < -0.4 is 0 Å². The summed E-state index contributed by atoms with van der Waals surface area (Å²) in [5.41, 5.74) is 1.82. The van der Waals surface area contributed by atoms with E-state index in [0.29, 0.717) is 23.2 Å². The Morgan fingerprint density at radius 2 is 1.83 bits per heavy atom. The molecule has 5 aliphatic rings. The molecule has 0 radical (unpaired) electrons. The fraction of sp³-hybridized carbons (Fsp3) is 0.778. The Morgan fingerprint density at radius 1 is 1.03 bits per heavy atom. The molecule has 0 bridgehead atoms. The van der Waals surface area contributed by atoms with Gasteiger partial charge in [0.1, 0.15) is 6.10 Å². The molecule has 0 aromatic rings. The van der Waals surface area contributed by atoms with E-state index < -0.39 is 0 Å². The predicted octanol–water partition coefficient (Wildman–Crippen LogP) is 5.89. The molecule has 0 amide bonds. The smallest absolute Gasteiger partial charge is 0.308 e. The second kappa shape index (κ2) is 7.07. The van der Waals surface area contributed by atoms with Gasteiger partial charge in [0.25, 0.3) is 0 Å². The van der Waals surface area contributed by atoms with Gasteiger partial charge in [-0.1, -0.05) is 39.3 Å². The molecule has 3 nitrogen and oxygen atoms in total. The van der Waals surface area contributed by atoms with Crippen molar-refractivity contribution in [3.05, 3.63) is 23.8 Å². The van der Waals surface area contributed by atoms with Crippen molar-refractivity contribution in [3.8, 4) is 0 Å². The second-order valence-electron chi connectivity index (χ2n) is 11.6. The van der Waals surface area contributed by atoms with Crippen molar-refractivity contribution in [2.75, 3.05) is 0 Å². The summed E-state index contributed by atoms with van der Waals surface area (Å²) in [5, 5.41) is 0. The van der Waals surface area contributed by atoms with Crippen LogP contribution in [0.3, 0.4) is 0 Å². The molecule has 9 atom stereocenters. The van der Waals surface area contributed by atoms with E-state index in [4.69, 9.17) is 4.74 Å².